The van der Waals surface area contributed by atoms with Crippen LogP contribution in [0.1, 0.15) is 37.3 Å². The molecule has 0 aliphatic heterocycles. The van der Waals surface area contributed by atoms with Gasteiger partial charge in [0.05, 0.1) is 17.5 Å². The Morgan fingerprint density at radius 2 is 1.84 bits per heavy atom. The second-order valence-corrected chi connectivity index (χ2v) is 5.09. The normalized spacial score (nSPS) is 23.2. The fourth-order valence-electron chi connectivity index (χ4n) is 2.60. The SMILES string of the molecule is OC1CCC(c2ccc(-c3cccnc3)nn2)CC1. The first-order valence-electron chi connectivity index (χ1n) is 6.75. The van der Waals surface area contributed by atoms with Crippen LogP contribution in [0.15, 0.2) is 36.7 Å². The third-order valence-electron chi connectivity index (χ3n) is 3.76. The number of aromatic nitrogens is 3. The number of aliphatic hydroxyl groups excluding tert-OH is 1. The van der Waals surface area contributed by atoms with Crippen LogP contribution in [0.4, 0.5) is 0 Å². The van der Waals surface area contributed by atoms with E-state index in [2.05, 4.69) is 21.2 Å². The monoisotopic (exact) mass is 255 g/mol. The number of hydrogen-bond donors (Lipinski definition) is 1. The Morgan fingerprint density at radius 1 is 1.00 bits per heavy atom. The van der Waals surface area contributed by atoms with E-state index in [1.807, 2.05) is 18.2 Å². The van der Waals surface area contributed by atoms with Crippen LogP contribution in [0, 0.1) is 0 Å². The van der Waals surface area contributed by atoms with Crippen LogP contribution >= 0.6 is 0 Å². The van der Waals surface area contributed by atoms with Crippen molar-refractivity contribution in [3.05, 3.63) is 42.4 Å². The third kappa shape index (κ3) is 2.79. The summed E-state index contributed by atoms with van der Waals surface area (Å²) < 4.78 is 0. The fraction of sp³-hybridized carbons (Fsp3) is 0.400. The average Bonchev–Trinajstić information content (AvgIpc) is 2.49. The Labute approximate surface area is 112 Å². The topological polar surface area (TPSA) is 58.9 Å². The Kier molecular flexibility index (Phi) is 3.51. The molecule has 1 saturated carbocycles. The predicted octanol–water partition coefficient (Wildman–Crippen LogP) is 2.56. The molecule has 0 bridgehead atoms. The summed E-state index contributed by atoms with van der Waals surface area (Å²) in [5.74, 6) is 0.443. The minimum atomic E-state index is -0.126. The molecule has 0 saturated heterocycles. The largest absolute Gasteiger partial charge is 0.393 e. The van der Waals surface area contributed by atoms with Crippen LogP contribution in [0.25, 0.3) is 11.3 Å². The van der Waals surface area contributed by atoms with Gasteiger partial charge < -0.3 is 5.11 Å². The highest BCUT2D eigenvalue weighted by molar-refractivity contribution is 5.56. The van der Waals surface area contributed by atoms with Gasteiger partial charge in [0.25, 0.3) is 0 Å². The first-order valence-corrected chi connectivity index (χ1v) is 6.75. The van der Waals surface area contributed by atoms with Gasteiger partial charge in [-0.25, -0.2) is 0 Å². The molecule has 1 aliphatic rings. The number of rotatable bonds is 2. The zero-order valence-corrected chi connectivity index (χ0v) is 10.7. The molecule has 1 N–H and O–H groups in total. The lowest BCUT2D eigenvalue weighted by Crippen LogP contribution is -2.17. The standard InChI is InChI=1S/C15H17N3O/c19-13-5-3-11(4-6-13)14-7-8-15(18-17-14)12-2-1-9-16-10-12/h1-2,7-11,13,19H,3-6H2. The molecule has 2 aromatic heterocycles. The molecule has 0 spiro atoms. The lowest BCUT2D eigenvalue weighted by Gasteiger charge is -2.24. The average molecular weight is 255 g/mol. The molecule has 4 heteroatoms. The first kappa shape index (κ1) is 12.2. The van der Waals surface area contributed by atoms with Crippen molar-refractivity contribution in [2.45, 2.75) is 37.7 Å². The molecule has 19 heavy (non-hydrogen) atoms. The summed E-state index contributed by atoms with van der Waals surface area (Å²) in [5, 5.41) is 18.2. The van der Waals surface area contributed by atoms with Gasteiger partial charge in [0.1, 0.15) is 0 Å². The van der Waals surface area contributed by atoms with Gasteiger partial charge in [-0.1, -0.05) is 0 Å². The van der Waals surface area contributed by atoms with Crippen LogP contribution < -0.4 is 0 Å². The minimum absolute atomic E-state index is 0.126. The summed E-state index contributed by atoms with van der Waals surface area (Å²) in [7, 11) is 0. The fourth-order valence-corrected chi connectivity index (χ4v) is 2.60. The Bertz CT molecular complexity index is 519. The van der Waals surface area contributed by atoms with E-state index in [0.717, 1.165) is 42.6 Å². The van der Waals surface area contributed by atoms with E-state index in [1.54, 1.807) is 12.4 Å². The molecule has 1 aliphatic carbocycles. The molecule has 0 radical (unpaired) electrons. The molecule has 0 amide bonds. The molecule has 98 valence electrons. The highest BCUT2D eigenvalue weighted by Gasteiger charge is 2.22. The van der Waals surface area contributed by atoms with Crippen molar-refractivity contribution in [3.63, 3.8) is 0 Å². The Balaban J connectivity index is 1.76. The van der Waals surface area contributed by atoms with Gasteiger partial charge in [-0.3, -0.25) is 4.98 Å². The van der Waals surface area contributed by atoms with Crippen molar-refractivity contribution in [2.24, 2.45) is 0 Å². The van der Waals surface area contributed by atoms with Gasteiger partial charge in [0.2, 0.25) is 0 Å². The van der Waals surface area contributed by atoms with Gasteiger partial charge in [0, 0.05) is 23.9 Å². The summed E-state index contributed by atoms with van der Waals surface area (Å²) in [6.45, 7) is 0. The van der Waals surface area contributed by atoms with E-state index in [1.165, 1.54) is 0 Å². The lowest BCUT2D eigenvalue weighted by atomic mass is 9.85. The van der Waals surface area contributed by atoms with Gasteiger partial charge >= 0.3 is 0 Å². The Morgan fingerprint density at radius 3 is 2.47 bits per heavy atom. The Hall–Kier alpha value is -1.81. The summed E-state index contributed by atoms with van der Waals surface area (Å²) in [6.07, 6.45) is 7.16. The van der Waals surface area contributed by atoms with Crippen molar-refractivity contribution in [1.82, 2.24) is 15.2 Å². The van der Waals surface area contributed by atoms with Gasteiger partial charge in [-0.2, -0.15) is 10.2 Å². The molecule has 0 unspecified atom stereocenters. The number of nitrogens with zero attached hydrogens (tertiary/aromatic N) is 3. The van der Waals surface area contributed by atoms with Crippen LogP contribution in [-0.2, 0) is 0 Å². The zero-order chi connectivity index (χ0) is 13.1. The van der Waals surface area contributed by atoms with Crippen LogP contribution in [0.2, 0.25) is 0 Å². The molecular formula is C15H17N3O. The lowest BCUT2D eigenvalue weighted by molar-refractivity contribution is 0.122. The molecule has 2 heterocycles. The summed E-state index contributed by atoms with van der Waals surface area (Å²) in [4.78, 5) is 4.09. The maximum Gasteiger partial charge on any atom is 0.0945 e. The van der Waals surface area contributed by atoms with Gasteiger partial charge in [0.15, 0.2) is 0 Å². The van der Waals surface area contributed by atoms with Crippen molar-refractivity contribution in [3.8, 4) is 11.3 Å². The smallest absolute Gasteiger partial charge is 0.0945 e. The van der Waals surface area contributed by atoms with Crippen molar-refractivity contribution in [1.29, 1.82) is 0 Å². The third-order valence-corrected chi connectivity index (χ3v) is 3.76. The highest BCUT2D eigenvalue weighted by atomic mass is 16.3. The minimum Gasteiger partial charge on any atom is -0.393 e. The van der Waals surface area contributed by atoms with E-state index in [9.17, 15) is 5.11 Å². The van der Waals surface area contributed by atoms with Crippen molar-refractivity contribution in [2.75, 3.05) is 0 Å². The molecule has 0 atom stereocenters. The van der Waals surface area contributed by atoms with Crippen LogP contribution in [0.5, 0.6) is 0 Å². The number of aliphatic hydroxyl groups is 1. The number of hydrogen-bond acceptors (Lipinski definition) is 4. The summed E-state index contributed by atoms with van der Waals surface area (Å²) in [6, 6.07) is 7.93. The van der Waals surface area contributed by atoms with Gasteiger partial charge in [-0.05, 0) is 49.9 Å². The first-order chi connectivity index (χ1) is 9.33. The van der Waals surface area contributed by atoms with Crippen LogP contribution in [0.3, 0.4) is 0 Å². The van der Waals surface area contributed by atoms with E-state index < -0.39 is 0 Å². The van der Waals surface area contributed by atoms with Crippen molar-refractivity contribution >= 4 is 0 Å². The molecule has 3 rings (SSSR count). The second kappa shape index (κ2) is 5.45. The molecule has 1 fully saturated rings. The maximum atomic E-state index is 9.52. The predicted molar refractivity (Wildman–Crippen MR) is 72.5 cm³/mol. The molecular weight excluding hydrogens is 238 g/mol. The molecule has 0 aromatic carbocycles. The van der Waals surface area contributed by atoms with E-state index in [-0.39, 0.29) is 6.10 Å². The summed E-state index contributed by atoms with van der Waals surface area (Å²) in [5.41, 5.74) is 2.88. The maximum absolute atomic E-state index is 9.52. The molecule has 4 nitrogen and oxygen atoms in total. The highest BCUT2D eigenvalue weighted by Crippen LogP contribution is 2.31. The van der Waals surface area contributed by atoms with E-state index in [4.69, 9.17) is 0 Å². The molecule has 2 aromatic rings. The van der Waals surface area contributed by atoms with Crippen LogP contribution in [-0.4, -0.2) is 26.4 Å². The van der Waals surface area contributed by atoms with E-state index >= 15 is 0 Å². The van der Waals surface area contributed by atoms with Gasteiger partial charge in [-0.15, -0.1) is 0 Å². The van der Waals surface area contributed by atoms with E-state index in [0.29, 0.717) is 5.92 Å². The zero-order valence-electron chi connectivity index (χ0n) is 10.7. The second-order valence-electron chi connectivity index (χ2n) is 5.09. The van der Waals surface area contributed by atoms with Crippen molar-refractivity contribution < 1.29 is 5.11 Å². The number of pyridine rings is 1. The quantitative estimate of drug-likeness (QED) is 0.896. The summed E-state index contributed by atoms with van der Waals surface area (Å²) >= 11 is 0.